The van der Waals surface area contributed by atoms with Crippen LogP contribution in [0.3, 0.4) is 0 Å². The SMILES string of the molecule is C[C@@H]1S[C@H](c2ccc(N(C)C)cc2)N(NC(=O)COc2c(Cl)cc(Cl)cc2Cl)C1=O. The van der Waals surface area contributed by atoms with Gasteiger partial charge < -0.3 is 9.64 Å². The van der Waals surface area contributed by atoms with Gasteiger partial charge in [0, 0.05) is 24.8 Å². The molecule has 0 radical (unpaired) electrons. The lowest BCUT2D eigenvalue weighted by atomic mass is 10.2. The lowest BCUT2D eigenvalue weighted by Crippen LogP contribution is -2.47. The van der Waals surface area contributed by atoms with Gasteiger partial charge in [0.25, 0.3) is 11.8 Å². The normalized spacial score (nSPS) is 18.5. The summed E-state index contributed by atoms with van der Waals surface area (Å²) >= 11 is 19.5. The number of nitrogens with zero attached hydrogens (tertiary/aromatic N) is 2. The Morgan fingerprint density at radius 3 is 2.33 bits per heavy atom. The molecule has 0 unspecified atom stereocenters. The van der Waals surface area contributed by atoms with Crippen molar-refractivity contribution in [1.82, 2.24) is 10.4 Å². The summed E-state index contributed by atoms with van der Waals surface area (Å²) in [7, 11) is 3.91. The van der Waals surface area contributed by atoms with Crippen LogP contribution in [0, 0.1) is 0 Å². The molecule has 0 saturated carbocycles. The van der Waals surface area contributed by atoms with Crippen LogP contribution in [0.4, 0.5) is 5.69 Å². The molecule has 2 aromatic carbocycles. The highest BCUT2D eigenvalue weighted by molar-refractivity contribution is 8.01. The number of halogens is 3. The van der Waals surface area contributed by atoms with Gasteiger partial charge in [-0.3, -0.25) is 15.0 Å². The minimum Gasteiger partial charge on any atom is -0.481 e. The van der Waals surface area contributed by atoms with Crippen molar-refractivity contribution in [2.75, 3.05) is 25.6 Å². The number of hydrogen-bond donors (Lipinski definition) is 1. The Balaban J connectivity index is 1.70. The number of carbonyl (C=O) groups excluding carboxylic acids is 2. The van der Waals surface area contributed by atoms with Gasteiger partial charge in [-0.05, 0) is 36.8 Å². The number of benzene rings is 2. The Bertz CT molecular complexity index is 933. The number of amides is 2. The lowest BCUT2D eigenvalue weighted by molar-refractivity contribution is -0.141. The molecule has 0 aliphatic carbocycles. The molecule has 3 rings (SSSR count). The molecule has 1 aliphatic heterocycles. The smallest absolute Gasteiger partial charge is 0.276 e. The van der Waals surface area contributed by atoms with Gasteiger partial charge in [0.05, 0.1) is 15.3 Å². The van der Waals surface area contributed by atoms with E-state index in [1.807, 2.05) is 50.2 Å². The highest BCUT2D eigenvalue weighted by Crippen LogP contribution is 2.42. The molecular formula is C20H20Cl3N3O3S. The predicted octanol–water partition coefficient (Wildman–Crippen LogP) is 4.79. The van der Waals surface area contributed by atoms with Crippen LogP contribution in [-0.2, 0) is 9.59 Å². The van der Waals surface area contributed by atoms with E-state index in [1.54, 1.807) is 0 Å². The van der Waals surface area contributed by atoms with Crippen LogP contribution in [0.25, 0.3) is 0 Å². The molecule has 1 saturated heterocycles. The van der Waals surface area contributed by atoms with Gasteiger partial charge >= 0.3 is 0 Å². The maximum Gasteiger partial charge on any atom is 0.276 e. The van der Waals surface area contributed by atoms with E-state index in [1.165, 1.54) is 28.9 Å². The predicted molar refractivity (Wildman–Crippen MR) is 123 cm³/mol. The molecule has 160 valence electrons. The summed E-state index contributed by atoms with van der Waals surface area (Å²) in [5.41, 5.74) is 4.60. The molecule has 2 amide bonds. The number of hydrogen-bond acceptors (Lipinski definition) is 5. The number of ether oxygens (including phenoxy) is 1. The first-order valence-corrected chi connectivity index (χ1v) is 11.1. The molecule has 2 atom stereocenters. The van der Waals surface area contributed by atoms with Gasteiger partial charge in [-0.1, -0.05) is 46.9 Å². The van der Waals surface area contributed by atoms with Gasteiger partial charge in [0.1, 0.15) is 5.37 Å². The lowest BCUT2D eigenvalue weighted by Gasteiger charge is -2.25. The van der Waals surface area contributed by atoms with Gasteiger partial charge in [-0.15, -0.1) is 11.8 Å². The quantitative estimate of drug-likeness (QED) is 0.634. The van der Waals surface area contributed by atoms with E-state index in [0.717, 1.165) is 11.3 Å². The van der Waals surface area contributed by atoms with E-state index >= 15 is 0 Å². The number of nitrogens with one attached hydrogen (secondary N) is 1. The van der Waals surface area contributed by atoms with E-state index in [4.69, 9.17) is 39.5 Å². The van der Waals surface area contributed by atoms with Crippen molar-refractivity contribution in [2.24, 2.45) is 0 Å². The van der Waals surface area contributed by atoms with Gasteiger partial charge in [-0.25, -0.2) is 5.01 Å². The van der Waals surface area contributed by atoms with Crippen LogP contribution in [0.2, 0.25) is 15.1 Å². The first-order valence-electron chi connectivity index (χ1n) is 9.00. The summed E-state index contributed by atoms with van der Waals surface area (Å²) in [4.78, 5) is 27.1. The first-order chi connectivity index (χ1) is 14.2. The second-order valence-corrected chi connectivity index (χ2v) is 9.52. The van der Waals surface area contributed by atoms with Crippen molar-refractivity contribution in [3.05, 3.63) is 57.0 Å². The van der Waals surface area contributed by atoms with E-state index in [0.29, 0.717) is 5.02 Å². The average Bonchev–Trinajstić information content (AvgIpc) is 2.95. The van der Waals surface area contributed by atoms with Gasteiger partial charge in [0.15, 0.2) is 12.4 Å². The third-order valence-electron chi connectivity index (χ3n) is 4.40. The molecule has 2 aromatic rings. The summed E-state index contributed by atoms with van der Waals surface area (Å²) < 4.78 is 5.45. The summed E-state index contributed by atoms with van der Waals surface area (Å²) in [6, 6.07) is 10.8. The number of rotatable bonds is 6. The number of thioether (sulfide) groups is 1. The number of carbonyl (C=O) groups is 2. The molecule has 0 spiro atoms. The van der Waals surface area contributed by atoms with Crippen LogP contribution in [-0.4, -0.2) is 42.8 Å². The van der Waals surface area contributed by atoms with Crippen molar-refractivity contribution in [3.63, 3.8) is 0 Å². The van der Waals surface area contributed by atoms with Crippen molar-refractivity contribution in [2.45, 2.75) is 17.5 Å². The third-order valence-corrected chi connectivity index (χ3v) is 6.53. The molecule has 1 heterocycles. The van der Waals surface area contributed by atoms with Gasteiger partial charge in [0.2, 0.25) is 0 Å². The zero-order valence-electron chi connectivity index (χ0n) is 16.5. The Morgan fingerprint density at radius 1 is 1.17 bits per heavy atom. The molecule has 1 N–H and O–H groups in total. The Labute approximate surface area is 194 Å². The molecule has 10 heteroatoms. The second kappa shape index (κ2) is 9.56. The van der Waals surface area contributed by atoms with Crippen LogP contribution in [0.1, 0.15) is 17.9 Å². The summed E-state index contributed by atoms with van der Waals surface area (Å²) in [5, 5.41) is 1.47. The topological polar surface area (TPSA) is 61.9 Å². The molecule has 0 bridgehead atoms. The fraction of sp³-hybridized carbons (Fsp3) is 0.300. The van der Waals surface area contributed by atoms with Gasteiger partial charge in [-0.2, -0.15) is 0 Å². The molecular weight excluding hydrogens is 469 g/mol. The maximum atomic E-state index is 12.6. The highest BCUT2D eigenvalue weighted by Gasteiger charge is 2.39. The second-order valence-electron chi connectivity index (χ2n) is 6.85. The van der Waals surface area contributed by atoms with E-state index < -0.39 is 5.91 Å². The zero-order valence-corrected chi connectivity index (χ0v) is 19.6. The van der Waals surface area contributed by atoms with Crippen LogP contribution < -0.4 is 15.1 Å². The first kappa shape index (κ1) is 22.9. The van der Waals surface area contributed by atoms with Crippen molar-refractivity contribution in [3.8, 4) is 5.75 Å². The van der Waals surface area contributed by atoms with E-state index in [2.05, 4.69) is 5.43 Å². The van der Waals surface area contributed by atoms with Crippen molar-refractivity contribution < 1.29 is 14.3 Å². The number of hydrazine groups is 1. The van der Waals surface area contributed by atoms with E-state index in [-0.39, 0.29) is 38.9 Å². The Kier molecular flexibility index (Phi) is 7.29. The highest BCUT2D eigenvalue weighted by atomic mass is 35.5. The molecule has 30 heavy (non-hydrogen) atoms. The number of anilines is 1. The minimum absolute atomic E-state index is 0.157. The minimum atomic E-state index is -0.505. The Hall–Kier alpha value is -1.80. The monoisotopic (exact) mass is 487 g/mol. The zero-order chi connectivity index (χ0) is 22.0. The molecule has 6 nitrogen and oxygen atoms in total. The maximum absolute atomic E-state index is 12.6. The fourth-order valence-corrected chi connectivity index (χ4v) is 5.01. The largest absolute Gasteiger partial charge is 0.481 e. The Morgan fingerprint density at radius 2 is 1.77 bits per heavy atom. The standard InChI is InChI=1S/C20H20Cl3N3O3S/c1-11-19(28)26(20(30-11)12-4-6-14(7-5-12)25(2)3)24-17(27)10-29-18-15(22)8-13(21)9-16(18)23/h4-9,11,20H,10H2,1-3H3,(H,24,27)/t11-,20+/m0/s1. The third kappa shape index (κ3) is 5.09. The molecule has 1 fully saturated rings. The van der Waals surface area contributed by atoms with Crippen LogP contribution in [0.15, 0.2) is 36.4 Å². The summed E-state index contributed by atoms with van der Waals surface area (Å²) in [5.74, 6) is -0.531. The van der Waals surface area contributed by atoms with Crippen molar-refractivity contribution >= 4 is 64.1 Å². The fourth-order valence-electron chi connectivity index (χ4n) is 2.87. The van der Waals surface area contributed by atoms with Crippen LogP contribution in [0.5, 0.6) is 5.75 Å². The van der Waals surface area contributed by atoms with Crippen molar-refractivity contribution in [1.29, 1.82) is 0 Å². The molecule has 1 aliphatic rings. The summed E-state index contributed by atoms with van der Waals surface area (Å²) in [6.45, 7) is 1.44. The van der Waals surface area contributed by atoms with Crippen LogP contribution >= 0.6 is 46.6 Å². The van der Waals surface area contributed by atoms with E-state index in [9.17, 15) is 9.59 Å². The molecule has 0 aromatic heterocycles. The summed E-state index contributed by atoms with van der Waals surface area (Å²) in [6.07, 6.45) is 0. The average molecular weight is 489 g/mol.